The molecule has 1 aromatic carbocycles. The van der Waals surface area contributed by atoms with Gasteiger partial charge in [-0.25, -0.2) is 0 Å². The third-order valence-corrected chi connectivity index (χ3v) is 5.75. The minimum atomic E-state index is 0.235. The summed E-state index contributed by atoms with van der Waals surface area (Å²) in [6, 6.07) is 9.40. The van der Waals surface area contributed by atoms with Crippen LogP contribution in [-0.2, 0) is 0 Å². The van der Waals surface area contributed by atoms with Gasteiger partial charge in [0.05, 0.1) is 6.61 Å². The summed E-state index contributed by atoms with van der Waals surface area (Å²) in [5.74, 6) is 1.17. The molecule has 0 saturated carbocycles. The van der Waals surface area contributed by atoms with Crippen LogP contribution >= 0.6 is 23.5 Å². The van der Waals surface area contributed by atoms with Gasteiger partial charge in [-0.2, -0.15) is 11.8 Å². The minimum Gasteiger partial charge on any atom is -0.395 e. The molecule has 4 heteroatoms. The van der Waals surface area contributed by atoms with Crippen molar-refractivity contribution < 1.29 is 5.11 Å². The van der Waals surface area contributed by atoms with Gasteiger partial charge in [-0.05, 0) is 37.0 Å². The predicted octanol–water partition coefficient (Wildman–Crippen LogP) is 2.93. The highest BCUT2D eigenvalue weighted by Gasteiger charge is 2.24. The zero-order valence-electron chi connectivity index (χ0n) is 10.9. The molecule has 1 heterocycles. The molecule has 0 bridgehead atoms. The minimum absolute atomic E-state index is 0.235. The van der Waals surface area contributed by atoms with Crippen molar-refractivity contribution in [3.63, 3.8) is 0 Å². The van der Waals surface area contributed by atoms with Gasteiger partial charge in [-0.1, -0.05) is 18.2 Å². The van der Waals surface area contributed by atoms with E-state index in [0.717, 1.165) is 0 Å². The van der Waals surface area contributed by atoms with E-state index in [4.69, 9.17) is 0 Å². The second-order valence-electron chi connectivity index (χ2n) is 4.64. The Labute approximate surface area is 118 Å². The number of hydrogen-bond donors (Lipinski definition) is 2. The van der Waals surface area contributed by atoms with E-state index in [1.54, 1.807) is 11.8 Å². The van der Waals surface area contributed by atoms with Gasteiger partial charge in [0.15, 0.2) is 0 Å². The van der Waals surface area contributed by atoms with Gasteiger partial charge in [0.25, 0.3) is 0 Å². The zero-order chi connectivity index (χ0) is 13.0. The quantitative estimate of drug-likeness (QED) is 0.870. The van der Waals surface area contributed by atoms with Crippen molar-refractivity contribution in [3.8, 4) is 0 Å². The summed E-state index contributed by atoms with van der Waals surface area (Å²) in [7, 11) is 0. The van der Waals surface area contributed by atoms with Crippen LogP contribution in [0.5, 0.6) is 0 Å². The standard InChI is InChI=1S/C14H21NOS2/c1-10(14(9-16)17-2)15-12-7-8-18-13-6-4-3-5-11(12)13/h3-6,10,12,14-16H,7-9H2,1-2H3. The van der Waals surface area contributed by atoms with Crippen LogP contribution in [0.1, 0.15) is 24.9 Å². The highest BCUT2D eigenvalue weighted by molar-refractivity contribution is 7.99. The number of aliphatic hydroxyl groups excluding tert-OH is 1. The number of nitrogens with one attached hydrogen (secondary N) is 1. The molecule has 1 aromatic rings. The molecule has 3 unspecified atom stereocenters. The van der Waals surface area contributed by atoms with E-state index in [1.165, 1.54) is 22.6 Å². The first-order valence-corrected chi connectivity index (χ1v) is 8.65. The molecule has 2 rings (SSSR count). The van der Waals surface area contributed by atoms with Crippen LogP contribution in [0, 0.1) is 0 Å². The number of aliphatic hydroxyl groups is 1. The van der Waals surface area contributed by atoms with Gasteiger partial charge in [0.1, 0.15) is 0 Å². The Morgan fingerprint density at radius 3 is 3.00 bits per heavy atom. The molecule has 0 spiro atoms. The van der Waals surface area contributed by atoms with Crippen molar-refractivity contribution in [3.05, 3.63) is 29.8 Å². The summed E-state index contributed by atoms with van der Waals surface area (Å²) >= 11 is 3.68. The first-order valence-electron chi connectivity index (χ1n) is 6.37. The summed E-state index contributed by atoms with van der Waals surface area (Å²) < 4.78 is 0. The van der Waals surface area contributed by atoms with E-state index in [1.807, 2.05) is 11.8 Å². The summed E-state index contributed by atoms with van der Waals surface area (Å²) in [6.45, 7) is 2.40. The lowest BCUT2D eigenvalue weighted by Crippen LogP contribution is -2.40. The molecule has 0 fully saturated rings. The Morgan fingerprint density at radius 2 is 2.28 bits per heavy atom. The molecule has 0 aliphatic carbocycles. The number of hydrogen-bond acceptors (Lipinski definition) is 4. The summed E-state index contributed by atoms with van der Waals surface area (Å²) in [6.07, 6.45) is 3.22. The van der Waals surface area contributed by atoms with Crippen LogP contribution in [-0.4, -0.2) is 35.0 Å². The van der Waals surface area contributed by atoms with Crippen molar-refractivity contribution in [2.24, 2.45) is 0 Å². The normalized spacial score (nSPS) is 22.3. The Balaban J connectivity index is 2.07. The van der Waals surface area contributed by atoms with Gasteiger partial charge in [0.2, 0.25) is 0 Å². The largest absolute Gasteiger partial charge is 0.395 e. The number of rotatable bonds is 5. The summed E-state index contributed by atoms with van der Waals surface area (Å²) in [5.41, 5.74) is 1.42. The van der Waals surface area contributed by atoms with Crippen LogP contribution in [0.2, 0.25) is 0 Å². The molecule has 2 N–H and O–H groups in total. The maximum absolute atomic E-state index is 9.36. The van der Waals surface area contributed by atoms with Crippen LogP contribution in [0.15, 0.2) is 29.2 Å². The molecule has 0 radical (unpaired) electrons. The first-order chi connectivity index (χ1) is 8.76. The lowest BCUT2D eigenvalue weighted by Gasteiger charge is -2.31. The molecule has 18 heavy (non-hydrogen) atoms. The second-order valence-corrected chi connectivity index (χ2v) is 6.85. The van der Waals surface area contributed by atoms with Crippen molar-refractivity contribution in [2.45, 2.75) is 35.6 Å². The Morgan fingerprint density at radius 1 is 1.50 bits per heavy atom. The second kappa shape index (κ2) is 6.85. The first kappa shape index (κ1) is 14.3. The highest BCUT2D eigenvalue weighted by Crippen LogP contribution is 2.36. The van der Waals surface area contributed by atoms with Gasteiger partial charge in [-0.3, -0.25) is 0 Å². The lowest BCUT2D eigenvalue weighted by atomic mass is 10.0. The van der Waals surface area contributed by atoms with Crippen LogP contribution < -0.4 is 5.32 Å². The molecular formula is C14H21NOS2. The third-order valence-electron chi connectivity index (χ3n) is 3.46. The summed E-state index contributed by atoms with van der Waals surface area (Å²) in [5, 5.41) is 13.3. The maximum atomic E-state index is 9.36. The van der Waals surface area contributed by atoms with E-state index in [0.29, 0.717) is 12.1 Å². The average Bonchev–Trinajstić information content (AvgIpc) is 2.40. The fourth-order valence-electron chi connectivity index (χ4n) is 2.38. The van der Waals surface area contributed by atoms with Gasteiger partial charge in [0, 0.05) is 22.2 Å². The van der Waals surface area contributed by atoms with Gasteiger partial charge in [-0.15, -0.1) is 11.8 Å². The van der Waals surface area contributed by atoms with E-state index in [2.05, 4.69) is 42.8 Å². The molecule has 1 aliphatic rings. The number of fused-ring (bicyclic) bond motifs is 1. The Kier molecular flexibility index (Phi) is 5.42. The number of thioether (sulfide) groups is 2. The van der Waals surface area contributed by atoms with Crippen LogP contribution in [0.4, 0.5) is 0 Å². The number of benzene rings is 1. The SMILES string of the molecule is CSC(CO)C(C)NC1CCSc2ccccc21. The van der Waals surface area contributed by atoms with Crippen LogP contribution in [0.25, 0.3) is 0 Å². The maximum Gasteiger partial charge on any atom is 0.0564 e. The average molecular weight is 283 g/mol. The smallest absolute Gasteiger partial charge is 0.0564 e. The molecule has 1 aliphatic heterocycles. The monoisotopic (exact) mass is 283 g/mol. The fourth-order valence-corrected chi connectivity index (χ4v) is 4.14. The molecule has 100 valence electrons. The Hall–Kier alpha value is -0.160. The molecule has 2 nitrogen and oxygen atoms in total. The predicted molar refractivity (Wildman–Crippen MR) is 81.5 cm³/mol. The fraction of sp³-hybridized carbons (Fsp3) is 0.571. The zero-order valence-corrected chi connectivity index (χ0v) is 12.6. The Bertz CT molecular complexity index is 382. The highest BCUT2D eigenvalue weighted by atomic mass is 32.2. The van der Waals surface area contributed by atoms with Crippen molar-refractivity contribution in [2.75, 3.05) is 18.6 Å². The topological polar surface area (TPSA) is 32.3 Å². The van der Waals surface area contributed by atoms with E-state index < -0.39 is 0 Å². The molecule has 0 saturated heterocycles. The molecule has 0 amide bonds. The van der Waals surface area contributed by atoms with E-state index in [9.17, 15) is 5.11 Å². The lowest BCUT2D eigenvalue weighted by molar-refractivity contribution is 0.269. The van der Waals surface area contributed by atoms with E-state index >= 15 is 0 Å². The van der Waals surface area contributed by atoms with E-state index in [-0.39, 0.29) is 11.9 Å². The van der Waals surface area contributed by atoms with Gasteiger partial charge < -0.3 is 10.4 Å². The van der Waals surface area contributed by atoms with Crippen molar-refractivity contribution in [1.29, 1.82) is 0 Å². The van der Waals surface area contributed by atoms with Gasteiger partial charge >= 0.3 is 0 Å². The van der Waals surface area contributed by atoms with Crippen LogP contribution in [0.3, 0.4) is 0 Å². The molecule has 3 atom stereocenters. The van der Waals surface area contributed by atoms with Crippen molar-refractivity contribution >= 4 is 23.5 Å². The van der Waals surface area contributed by atoms with Crippen molar-refractivity contribution in [1.82, 2.24) is 5.32 Å². The molecule has 0 aromatic heterocycles. The third kappa shape index (κ3) is 3.23. The summed E-state index contributed by atoms with van der Waals surface area (Å²) in [4.78, 5) is 1.40. The molecular weight excluding hydrogens is 262 g/mol.